The molecule has 0 bridgehead atoms. The van der Waals surface area contributed by atoms with E-state index in [1.54, 1.807) is 0 Å². The number of hydrogen-bond donors (Lipinski definition) is 3. The van der Waals surface area contributed by atoms with Crippen LogP contribution in [0, 0.1) is 10.8 Å². The van der Waals surface area contributed by atoms with Crippen LogP contribution in [0.1, 0.15) is 66.2 Å². The monoisotopic (exact) mass is 354 g/mol. The number of unbranched alkanes of at least 4 members (excludes halogenated alkanes) is 2. The van der Waals surface area contributed by atoms with Crippen molar-refractivity contribution in [3.05, 3.63) is 0 Å². The van der Waals surface area contributed by atoms with E-state index in [0.717, 1.165) is 25.7 Å². The Morgan fingerprint density at radius 2 is 1.13 bits per heavy atom. The highest BCUT2D eigenvalue weighted by Gasteiger charge is 2.21. The van der Waals surface area contributed by atoms with Gasteiger partial charge in [-0.15, -0.1) is 0 Å². The van der Waals surface area contributed by atoms with Gasteiger partial charge in [-0.2, -0.15) is 0 Å². The fourth-order valence-corrected chi connectivity index (χ4v) is 2.76. The predicted molar refractivity (Wildman–Crippen MR) is 91.2 cm³/mol. The highest BCUT2D eigenvalue weighted by Crippen LogP contribution is 2.43. The summed E-state index contributed by atoms with van der Waals surface area (Å²) in [4.78, 5) is 9.56. The highest BCUT2D eigenvalue weighted by molar-refractivity contribution is 7.47. The van der Waals surface area contributed by atoms with E-state index in [-0.39, 0.29) is 37.3 Å². The minimum Gasteiger partial charge on any atom is -0.396 e. The fraction of sp³-hybridized carbons (Fsp3) is 1.00. The lowest BCUT2D eigenvalue weighted by Crippen LogP contribution is -2.16. The third kappa shape index (κ3) is 13.0. The molecule has 0 aliphatic carbocycles. The Labute approximate surface area is 140 Å². The van der Waals surface area contributed by atoms with Gasteiger partial charge < -0.3 is 15.1 Å². The van der Waals surface area contributed by atoms with Crippen LogP contribution in [0.15, 0.2) is 0 Å². The third-order valence-corrected chi connectivity index (χ3v) is 4.88. The summed E-state index contributed by atoms with van der Waals surface area (Å²) in [6.45, 7) is 8.51. The molecule has 0 atom stereocenters. The zero-order valence-corrected chi connectivity index (χ0v) is 16.0. The number of aliphatic hydroxyl groups excluding tert-OH is 2. The second-order valence-corrected chi connectivity index (χ2v) is 9.15. The zero-order chi connectivity index (χ0) is 18.0. The van der Waals surface area contributed by atoms with Crippen molar-refractivity contribution in [1.29, 1.82) is 0 Å². The molecular weight excluding hydrogens is 319 g/mol. The number of rotatable bonds is 14. The molecule has 6 nitrogen and oxygen atoms in total. The van der Waals surface area contributed by atoms with E-state index in [1.807, 2.05) is 27.7 Å². The van der Waals surface area contributed by atoms with Crippen LogP contribution in [-0.4, -0.2) is 41.5 Å². The van der Waals surface area contributed by atoms with Gasteiger partial charge in [0.05, 0.1) is 13.2 Å². The first kappa shape index (κ1) is 23.0. The van der Waals surface area contributed by atoms with Crippen molar-refractivity contribution >= 4 is 7.82 Å². The van der Waals surface area contributed by atoms with Crippen LogP contribution in [0.3, 0.4) is 0 Å². The van der Waals surface area contributed by atoms with E-state index in [4.69, 9.17) is 19.3 Å². The van der Waals surface area contributed by atoms with E-state index in [0.29, 0.717) is 12.8 Å². The van der Waals surface area contributed by atoms with Crippen molar-refractivity contribution in [3.63, 3.8) is 0 Å². The molecule has 0 amide bonds. The lowest BCUT2D eigenvalue weighted by atomic mass is 9.88. The van der Waals surface area contributed by atoms with Gasteiger partial charge in [-0.05, 0) is 36.5 Å². The Morgan fingerprint density at radius 1 is 0.783 bits per heavy atom. The van der Waals surface area contributed by atoms with Crippen molar-refractivity contribution in [2.75, 3.05) is 26.4 Å². The first-order valence-electron chi connectivity index (χ1n) is 8.37. The van der Waals surface area contributed by atoms with Gasteiger partial charge in [-0.25, -0.2) is 4.57 Å². The van der Waals surface area contributed by atoms with E-state index < -0.39 is 7.82 Å². The summed E-state index contributed by atoms with van der Waals surface area (Å²) in [5.74, 6) is 0. The quantitative estimate of drug-likeness (QED) is 0.326. The van der Waals surface area contributed by atoms with Crippen molar-refractivity contribution < 1.29 is 28.7 Å². The number of aliphatic hydroxyl groups is 2. The summed E-state index contributed by atoms with van der Waals surface area (Å²) in [5.41, 5.74) is -0.247. The molecule has 0 spiro atoms. The maximum absolute atomic E-state index is 11.7. The predicted octanol–water partition coefficient (Wildman–Crippen LogP) is 3.50. The molecule has 0 aliphatic rings. The molecule has 0 aromatic heterocycles. The van der Waals surface area contributed by atoms with Crippen LogP contribution in [0.5, 0.6) is 0 Å². The molecule has 0 radical (unpaired) electrons. The fourth-order valence-electron chi connectivity index (χ4n) is 1.97. The largest absolute Gasteiger partial charge is 0.472 e. The number of hydrogen-bond acceptors (Lipinski definition) is 5. The molecule has 0 aliphatic heterocycles. The Balaban J connectivity index is 3.71. The Kier molecular flexibility index (Phi) is 10.8. The molecule has 0 aromatic carbocycles. The molecular formula is C16H35O6P. The van der Waals surface area contributed by atoms with E-state index in [1.165, 1.54) is 0 Å². The van der Waals surface area contributed by atoms with Gasteiger partial charge in [0.25, 0.3) is 0 Å². The molecule has 23 heavy (non-hydrogen) atoms. The van der Waals surface area contributed by atoms with E-state index >= 15 is 0 Å². The number of phosphoric acid groups is 1. The summed E-state index contributed by atoms with van der Waals surface area (Å²) in [7, 11) is -3.97. The molecule has 7 heteroatoms. The number of phosphoric ester groups is 1. The topological polar surface area (TPSA) is 96.2 Å². The van der Waals surface area contributed by atoms with Gasteiger partial charge in [0.2, 0.25) is 0 Å². The van der Waals surface area contributed by atoms with Crippen molar-refractivity contribution in [3.8, 4) is 0 Å². The summed E-state index contributed by atoms with van der Waals surface area (Å²) in [6, 6.07) is 0. The van der Waals surface area contributed by atoms with Gasteiger partial charge in [0.1, 0.15) is 0 Å². The molecule has 140 valence electrons. The lowest BCUT2D eigenvalue weighted by Gasteiger charge is -2.21. The summed E-state index contributed by atoms with van der Waals surface area (Å²) < 4.78 is 21.5. The van der Waals surface area contributed by atoms with Crippen LogP contribution in [0.25, 0.3) is 0 Å². The third-order valence-electron chi connectivity index (χ3n) is 3.86. The van der Waals surface area contributed by atoms with Gasteiger partial charge >= 0.3 is 7.82 Å². The van der Waals surface area contributed by atoms with Crippen molar-refractivity contribution in [1.82, 2.24) is 0 Å². The van der Waals surface area contributed by atoms with E-state index in [2.05, 4.69) is 0 Å². The molecule has 0 saturated heterocycles. The minimum atomic E-state index is -3.97. The maximum Gasteiger partial charge on any atom is 0.472 e. The second-order valence-electron chi connectivity index (χ2n) is 7.69. The van der Waals surface area contributed by atoms with Crippen LogP contribution in [0.4, 0.5) is 0 Å². The summed E-state index contributed by atoms with van der Waals surface area (Å²) >= 11 is 0. The second kappa shape index (κ2) is 10.8. The van der Waals surface area contributed by atoms with Crippen LogP contribution >= 0.6 is 7.82 Å². The first-order valence-corrected chi connectivity index (χ1v) is 9.87. The normalized spacial score (nSPS) is 13.5. The van der Waals surface area contributed by atoms with Crippen LogP contribution in [0.2, 0.25) is 0 Å². The van der Waals surface area contributed by atoms with E-state index in [9.17, 15) is 9.46 Å². The average molecular weight is 354 g/mol. The van der Waals surface area contributed by atoms with Gasteiger partial charge in [0.15, 0.2) is 0 Å². The van der Waals surface area contributed by atoms with Gasteiger partial charge in [-0.3, -0.25) is 9.05 Å². The minimum absolute atomic E-state index is 0.123. The standard InChI is InChI=1S/C16H35O6P/c1-15(2,13-17)9-5-7-11-21-23(19,20)22-12-8-6-10-16(3,4)14-18/h17-18H,5-14H2,1-4H3,(H,19,20). The Morgan fingerprint density at radius 3 is 1.43 bits per heavy atom. The lowest BCUT2D eigenvalue weighted by molar-refractivity contribution is 0.127. The maximum atomic E-state index is 11.7. The zero-order valence-electron chi connectivity index (χ0n) is 15.1. The molecule has 0 rings (SSSR count). The van der Waals surface area contributed by atoms with Crippen molar-refractivity contribution in [2.45, 2.75) is 66.2 Å². The average Bonchev–Trinajstić information content (AvgIpc) is 2.46. The van der Waals surface area contributed by atoms with Crippen molar-refractivity contribution in [2.24, 2.45) is 10.8 Å². The van der Waals surface area contributed by atoms with Crippen LogP contribution < -0.4 is 0 Å². The smallest absolute Gasteiger partial charge is 0.396 e. The van der Waals surface area contributed by atoms with Crippen LogP contribution in [-0.2, 0) is 13.6 Å². The summed E-state index contributed by atoms with van der Waals surface area (Å²) in [6.07, 6.45) is 4.63. The molecule has 0 fully saturated rings. The molecule has 0 heterocycles. The van der Waals surface area contributed by atoms with Gasteiger partial charge in [-0.1, -0.05) is 40.5 Å². The van der Waals surface area contributed by atoms with Gasteiger partial charge in [0, 0.05) is 13.2 Å². The molecule has 0 aromatic rings. The first-order chi connectivity index (χ1) is 10.5. The SMILES string of the molecule is CC(C)(CO)CCCCOP(=O)(O)OCCCCC(C)(C)CO. The summed E-state index contributed by atoms with van der Waals surface area (Å²) in [5, 5.41) is 18.3. The molecule has 0 unspecified atom stereocenters. The highest BCUT2D eigenvalue weighted by atomic mass is 31.2. The molecule has 3 N–H and O–H groups in total. The molecule has 0 saturated carbocycles. The Bertz CT molecular complexity index is 326. The Hall–Kier alpha value is 0.0300.